The molecule has 1 unspecified atom stereocenters. The molecule has 0 N–H and O–H groups in total. The molecule has 0 aliphatic rings. The molecular formula is C18H24N2O2S. The zero-order chi connectivity index (χ0) is 16.8. The minimum absolute atomic E-state index is 0.0743. The van der Waals surface area contributed by atoms with Gasteiger partial charge in [-0.25, -0.2) is 4.98 Å². The Kier molecular flexibility index (Phi) is 6.28. The second-order valence-corrected chi connectivity index (χ2v) is 6.90. The Bertz CT molecular complexity index is 640. The maximum absolute atomic E-state index is 12.5. The topological polar surface area (TPSA) is 46.3 Å². The van der Waals surface area contributed by atoms with Crippen LogP contribution in [0.25, 0.3) is 11.5 Å². The summed E-state index contributed by atoms with van der Waals surface area (Å²) in [4.78, 5) is 18.8. The van der Waals surface area contributed by atoms with Crippen molar-refractivity contribution in [2.75, 3.05) is 18.6 Å². The number of aromatic nitrogens is 1. The van der Waals surface area contributed by atoms with E-state index in [9.17, 15) is 4.79 Å². The Morgan fingerprint density at radius 1 is 1.35 bits per heavy atom. The summed E-state index contributed by atoms with van der Waals surface area (Å²) >= 11 is 1.84. The van der Waals surface area contributed by atoms with Crippen molar-refractivity contribution in [2.24, 2.45) is 0 Å². The van der Waals surface area contributed by atoms with E-state index in [-0.39, 0.29) is 18.4 Å². The highest BCUT2D eigenvalue weighted by Gasteiger charge is 2.20. The molecule has 0 fully saturated rings. The van der Waals surface area contributed by atoms with Gasteiger partial charge in [0.1, 0.15) is 5.76 Å². The summed E-state index contributed by atoms with van der Waals surface area (Å²) in [5, 5.41) is 0. The van der Waals surface area contributed by atoms with Gasteiger partial charge in [0.15, 0.2) is 0 Å². The van der Waals surface area contributed by atoms with Crippen LogP contribution in [0, 0.1) is 6.92 Å². The number of amides is 1. The molecule has 2 aromatic rings. The molecule has 0 saturated carbocycles. The van der Waals surface area contributed by atoms with Gasteiger partial charge in [0.05, 0.1) is 12.1 Å². The summed E-state index contributed by atoms with van der Waals surface area (Å²) in [5.74, 6) is 3.37. The van der Waals surface area contributed by atoms with Crippen LogP contribution in [0.4, 0.5) is 0 Å². The van der Waals surface area contributed by atoms with Gasteiger partial charge in [0, 0.05) is 24.4 Å². The van der Waals surface area contributed by atoms with Crippen molar-refractivity contribution in [3.8, 4) is 11.5 Å². The molecule has 124 valence electrons. The SMILES string of the molecule is CCSCC(C)N(C)C(=O)Cc1nc(-c2ccccc2)oc1C. The lowest BCUT2D eigenvalue weighted by Gasteiger charge is -2.24. The molecule has 1 aromatic carbocycles. The summed E-state index contributed by atoms with van der Waals surface area (Å²) < 4.78 is 5.72. The van der Waals surface area contributed by atoms with Crippen LogP contribution in [0.3, 0.4) is 0 Å². The maximum atomic E-state index is 12.5. The van der Waals surface area contributed by atoms with Crippen LogP contribution in [-0.2, 0) is 11.2 Å². The Balaban J connectivity index is 2.05. The van der Waals surface area contributed by atoms with Crippen molar-refractivity contribution in [3.63, 3.8) is 0 Å². The maximum Gasteiger partial charge on any atom is 0.228 e. The number of oxazole rings is 1. The van der Waals surface area contributed by atoms with Crippen molar-refractivity contribution in [1.82, 2.24) is 9.88 Å². The number of carbonyl (C=O) groups is 1. The van der Waals surface area contributed by atoms with E-state index in [2.05, 4.69) is 18.8 Å². The third kappa shape index (κ3) is 4.61. The highest BCUT2D eigenvalue weighted by Crippen LogP contribution is 2.22. The summed E-state index contributed by atoms with van der Waals surface area (Å²) in [6.07, 6.45) is 0.278. The van der Waals surface area contributed by atoms with Crippen LogP contribution in [0.2, 0.25) is 0 Å². The Hall–Kier alpha value is -1.75. The minimum atomic E-state index is 0.0743. The van der Waals surface area contributed by atoms with Crippen molar-refractivity contribution < 1.29 is 9.21 Å². The number of benzene rings is 1. The van der Waals surface area contributed by atoms with E-state index < -0.39 is 0 Å². The van der Waals surface area contributed by atoms with E-state index in [1.807, 2.05) is 56.1 Å². The fourth-order valence-electron chi connectivity index (χ4n) is 2.21. The first-order chi connectivity index (χ1) is 11.0. The molecule has 0 aliphatic carbocycles. The average Bonchev–Trinajstić information content (AvgIpc) is 2.93. The van der Waals surface area contributed by atoms with Gasteiger partial charge in [-0.1, -0.05) is 25.1 Å². The highest BCUT2D eigenvalue weighted by molar-refractivity contribution is 7.99. The van der Waals surface area contributed by atoms with Gasteiger partial charge in [0.25, 0.3) is 0 Å². The number of carbonyl (C=O) groups excluding carboxylic acids is 1. The molecule has 0 radical (unpaired) electrons. The molecule has 0 aliphatic heterocycles. The van der Waals surface area contributed by atoms with Crippen molar-refractivity contribution in [2.45, 2.75) is 33.2 Å². The van der Waals surface area contributed by atoms with E-state index in [1.54, 1.807) is 4.90 Å². The van der Waals surface area contributed by atoms with Gasteiger partial charge in [0.2, 0.25) is 11.8 Å². The van der Waals surface area contributed by atoms with Crippen LogP contribution in [0.1, 0.15) is 25.3 Å². The smallest absolute Gasteiger partial charge is 0.228 e. The highest BCUT2D eigenvalue weighted by atomic mass is 32.2. The minimum Gasteiger partial charge on any atom is -0.441 e. The molecule has 0 bridgehead atoms. The first kappa shape index (κ1) is 17.6. The first-order valence-corrected chi connectivity index (χ1v) is 9.03. The predicted octanol–water partition coefficient (Wildman–Crippen LogP) is 3.79. The molecule has 2 rings (SSSR count). The van der Waals surface area contributed by atoms with Crippen LogP contribution < -0.4 is 0 Å². The van der Waals surface area contributed by atoms with Crippen molar-refractivity contribution >= 4 is 17.7 Å². The monoisotopic (exact) mass is 332 g/mol. The van der Waals surface area contributed by atoms with Gasteiger partial charge in [-0.2, -0.15) is 11.8 Å². The van der Waals surface area contributed by atoms with Crippen LogP contribution in [0.15, 0.2) is 34.7 Å². The zero-order valence-electron chi connectivity index (χ0n) is 14.2. The van der Waals surface area contributed by atoms with Gasteiger partial charge >= 0.3 is 0 Å². The Labute approximate surface area is 142 Å². The Morgan fingerprint density at radius 2 is 2.04 bits per heavy atom. The molecule has 1 atom stereocenters. The molecule has 1 aromatic heterocycles. The van der Waals surface area contributed by atoms with E-state index in [0.717, 1.165) is 22.8 Å². The lowest BCUT2D eigenvalue weighted by atomic mass is 10.2. The lowest BCUT2D eigenvalue weighted by molar-refractivity contribution is -0.130. The largest absolute Gasteiger partial charge is 0.441 e. The van der Waals surface area contributed by atoms with Crippen molar-refractivity contribution in [3.05, 3.63) is 41.8 Å². The average molecular weight is 332 g/mol. The first-order valence-electron chi connectivity index (χ1n) is 7.88. The van der Waals surface area contributed by atoms with E-state index in [4.69, 9.17) is 4.42 Å². The zero-order valence-corrected chi connectivity index (χ0v) is 15.0. The van der Waals surface area contributed by atoms with Crippen LogP contribution in [-0.4, -0.2) is 40.4 Å². The fraction of sp³-hybridized carbons (Fsp3) is 0.444. The molecule has 1 heterocycles. The van der Waals surface area contributed by atoms with E-state index >= 15 is 0 Å². The molecule has 1 amide bonds. The van der Waals surface area contributed by atoms with Gasteiger partial charge in [-0.15, -0.1) is 0 Å². The number of hydrogen-bond donors (Lipinski definition) is 0. The third-order valence-corrected chi connectivity index (χ3v) is 4.98. The second-order valence-electron chi connectivity index (χ2n) is 5.58. The van der Waals surface area contributed by atoms with Crippen LogP contribution >= 0.6 is 11.8 Å². The van der Waals surface area contributed by atoms with E-state index in [0.29, 0.717) is 11.7 Å². The summed E-state index contributed by atoms with van der Waals surface area (Å²) in [6.45, 7) is 6.06. The summed E-state index contributed by atoms with van der Waals surface area (Å²) in [7, 11) is 1.86. The molecule has 5 heteroatoms. The van der Waals surface area contributed by atoms with Crippen LogP contribution in [0.5, 0.6) is 0 Å². The molecule has 0 saturated heterocycles. The number of rotatable bonds is 7. The predicted molar refractivity (Wildman–Crippen MR) is 95.6 cm³/mol. The molecule has 0 spiro atoms. The lowest BCUT2D eigenvalue weighted by Crippen LogP contribution is -2.37. The number of nitrogens with zero attached hydrogens (tertiary/aromatic N) is 2. The van der Waals surface area contributed by atoms with E-state index in [1.165, 1.54) is 0 Å². The van der Waals surface area contributed by atoms with Crippen molar-refractivity contribution in [1.29, 1.82) is 0 Å². The molecule has 4 nitrogen and oxygen atoms in total. The number of aryl methyl sites for hydroxylation is 1. The standard InChI is InChI=1S/C18H24N2O2S/c1-5-23-12-13(2)20(4)17(21)11-16-14(3)22-18(19-16)15-9-7-6-8-10-15/h6-10,13H,5,11-12H2,1-4H3. The molecule has 23 heavy (non-hydrogen) atoms. The fourth-order valence-corrected chi connectivity index (χ4v) is 3.01. The quantitative estimate of drug-likeness (QED) is 0.774. The van der Waals surface area contributed by atoms with Gasteiger partial charge in [-0.3, -0.25) is 4.79 Å². The summed E-state index contributed by atoms with van der Waals surface area (Å²) in [6, 6.07) is 9.96. The number of hydrogen-bond acceptors (Lipinski definition) is 4. The normalized spacial score (nSPS) is 12.2. The second kappa shape index (κ2) is 8.20. The van der Waals surface area contributed by atoms with Gasteiger partial charge in [-0.05, 0) is 31.7 Å². The van der Waals surface area contributed by atoms with Gasteiger partial charge < -0.3 is 9.32 Å². The number of thioether (sulfide) groups is 1. The molecular weight excluding hydrogens is 308 g/mol. The summed E-state index contributed by atoms with van der Waals surface area (Å²) in [5.41, 5.74) is 1.64. The Morgan fingerprint density at radius 3 is 2.70 bits per heavy atom. The third-order valence-electron chi connectivity index (χ3n) is 3.85. The number of likely N-dealkylation sites (N-methyl/N-ethyl adjacent to an activating group) is 1.